The summed E-state index contributed by atoms with van der Waals surface area (Å²) in [5.41, 5.74) is 2.09. The number of anilines is 1. The van der Waals surface area contributed by atoms with Crippen molar-refractivity contribution in [3.63, 3.8) is 0 Å². The smallest absolute Gasteiger partial charge is 0.160 e. The zero-order chi connectivity index (χ0) is 13.0. The average molecular weight is 246 g/mol. The molecular formula is C14H18N2O2. The van der Waals surface area contributed by atoms with Crippen molar-refractivity contribution in [2.24, 2.45) is 0 Å². The van der Waals surface area contributed by atoms with E-state index in [0.29, 0.717) is 5.75 Å². The topological polar surface area (TPSA) is 46.4 Å². The molecule has 0 aliphatic rings. The SMILES string of the molecule is CCn1ccc(CNc2ccc(OC)c(O)c2)c1. The van der Waals surface area contributed by atoms with E-state index < -0.39 is 0 Å². The lowest BCUT2D eigenvalue weighted by Gasteiger charge is -2.08. The van der Waals surface area contributed by atoms with Crippen LogP contribution in [0.2, 0.25) is 0 Å². The highest BCUT2D eigenvalue weighted by molar-refractivity contribution is 5.54. The summed E-state index contributed by atoms with van der Waals surface area (Å²) in [6.45, 7) is 3.82. The van der Waals surface area contributed by atoms with Gasteiger partial charge in [0, 0.05) is 37.2 Å². The normalized spacial score (nSPS) is 10.3. The zero-order valence-corrected chi connectivity index (χ0v) is 10.7. The molecule has 0 amide bonds. The first-order valence-corrected chi connectivity index (χ1v) is 5.98. The Labute approximate surface area is 107 Å². The predicted molar refractivity (Wildman–Crippen MR) is 72.1 cm³/mol. The van der Waals surface area contributed by atoms with Crippen LogP contribution in [-0.4, -0.2) is 16.8 Å². The van der Waals surface area contributed by atoms with Gasteiger partial charge in [0.2, 0.25) is 0 Å². The molecular weight excluding hydrogens is 228 g/mol. The molecule has 0 saturated heterocycles. The molecule has 96 valence electrons. The van der Waals surface area contributed by atoms with Gasteiger partial charge >= 0.3 is 0 Å². The maximum atomic E-state index is 9.66. The molecule has 1 aromatic heterocycles. The molecule has 0 bridgehead atoms. The number of hydrogen-bond donors (Lipinski definition) is 2. The number of aryl methyl sites for hydroxylation is 1. The monoisotopic (exact) mass is 246 g/mol. The second-order valence-electron chi connectivity index (χ2n) is 4.09. The van der Waals surface area contributed by atoms with E-state index in [1.54, 1.807) is 12.1 Å². The predicted octanol–water partition coefficient (Wildman–Crippen LogP) is 2.83. The molecule has 4 heteroatoms. The van der Waals surface area contributed by atoms with E-state index in [1.165, 1.54) is 12.7 Å². The van der Waals surface area contributed by atoms with Crippen LogP contribution in [0.5, 0.6) is 11.5 Å². The lowest BCUT2D eigenvalue weighted by atomic mass is 10.2. The number of nitrogens with one attached hydrogen (secondary N) is 1. The number of nitrogens with zero attached hydrogens (tertiary/aromatic N) is 1. The second-order valence-corrected chi connectivity index (χ2v) is 4.09. The second kappa shape index (κ2) is 5.49. The summed E-state index contributed by atoms with van der Waals surface area (Å²) < 4.78 is 7.13. The molecule has 2 rings (SSSR count). The van der Waals surface area contributed by atoms with Crippen LogP contribution < -0.4 is 10.1 Å². The van der Waals surface area contributed by atoms with Gasteiger partial charge in [0.05, 0.1) is 7.11 Å². The van der Waals surface area contributed by atoms with Crippen molar-refractivity contribution in [3.8, 4) is 11.5 Å². The van der Waals surface area contributed by atoms with E-state index in [2.05, 4.69) is 35.3 Å². The van der Waals surface area contributed by atoms with Crippen molar-refractivity contribution < 1.29 is 9.84 Å². The van der Waals surface area contributed by atoms with Crippen molar-refractivity contribution in [2.45, 2.75) is 20.0 Å². The Morgan fingerprint density at radius 3 is 2.78 bits per heavy atom. The summed E-state index contributed by atoms with van der Waals surface area (Å²) >= 11 is 0. The summed E-state index contributed by atoms with van der Waals surface area (Å²) in [6, 6.07) is 7.37. The average Bonchev–Trinajstić information content (AvgIpc) is 2.84. The molecule has 4 nitrogen and oxygen atoms in total. The number of aromatic nitrogens is 1. The molecule has 0 unspecified atom stereocenters. The summed E-state index contributed by atoms with van der Waals surface area (Å²) in [5, 5.41) is 12.9. The van der Waals surface area contributed by atoms with E-state index in [0.717, 1.165) is 18.8 Å². The fourth-order valence-electron chi connectivity index (χ4n) is 1.80. The van der Waals surface area contributed by atoms with E-state index in [9.17, 15) is 5.11 Å². The van der Waals surface area contributed by atoms with Gasteiger partial charge in [0.1, 0.15) is 0 Å². The Kier molecular flexibility index (Phi) is 3.77. The highest BCUT2D eigenvalue weighted by Gasteiger charge is 2.02. The molecule has 0 aliphatic heterocycles. The third-order valence-corrected chi connectivity index (χ3v) is 2.85. The molecule has 0 radical (unpaired) electrons. The van der Waals surface area contributed by atoms with Crippen molar-refractivity contribution >= 4 is 5.69 Å². The van der Waals surface area contributed by atoms with E-state index in [-0.39, 0.29) is 5.75 Å². The van der Waals surface area contributed by atoms with Gasteiger partial charge in [-0.2, -0.15) is 0 Å². The van der Waals surface area contributed by atoms with Crippen molar-refractivity contribution in [1.29, 1.82) is 0 Å². The number of hydrogen-bond acceptors (Lipinski definition) is 3. The van der Waals surface area contributed by atoms with Gasteiger partial charge in [-0.15, -0.1) is 0 Å². The van der Waals surface area contributed by atoms with Crippen LogP contribution in [0.25, 0.3) is 0 Å². The standard InChI is InChI=1S/C14H18N2O2/c1-3-16-7-6-11(10-16)9-15-12-4-5-14(18-2)13(17)8-12/h4-8,10,15,17H,3,9H2,1-2H3. The Morgan fingerprint density at radius 1 is 1.33 bits per heavy atom. The Hall–Kier alpha value is -2.10. The van der Waals surface area contributed by atoms with Crippen LogP contribution in [0, 0.1) is 0 Å². The van der Waals surface area contributed by atoms with Gasteiger partial charge in [-0.1, -0.05) is 0 Å². The number of benzene rings is 1. The lowest BCUT2D eigenvalue weighted by molar-refractivity contribution is 0.373. The first kappa shape index (κ1) is 12.4. The minimum Gasteiger partial charge on any atom is -0.504 e. The van der Waals surface area contributed by atoms with Crippen LogP contribution in [-0.2, 0) is 13.1 Å². The molecule has 0 atom stereocenters. The Bertz CT molecular complexity index is 520. The number of methoxy groups -OCH3 is 1. The minimum absolute atomic E-state index is 0.147. The summed E-state index contributed by atoms with van der Waals surface area (Å²) in [6.07, 6.45) is 4.17. The molecule has 0 fully saturated rings. The molecule has 0 aliphatic carbocycles. The summed E-state index contributed by atoms with van der Waals surface area (Å²) in [4.78, 5) is 0. The van der Waals surface area contributed by atoms with Crippen molar-refractivity contribution in [1.82, 2.24) is 4.57 Å². The van der Waals surface area contributed by atoms with Crippen molar-refractivity contribution in [3.05, 3.63) is 42.2 Å². The molecule has 18 heavy (non-hydrogen) atoms. The molecule has 0 saturated carbocycles. The van der Waals surface area contributed by atoms with Gasteiger partial charge in [-0.3, -0.25) is 0 Å². The van der Waals surface area contributed by atoms with E-state index in [1.807, 2.05) is 6.07 Å². The van der Waals surface area contributed by atoms with Crippen LogP contribution in [0.15, 0.2) is 36.7 Å². The van der Waals surface area contributed by atoms with Gasteiger partial charge in [-0.05, 0) is 30.7 Å². The van der Waals surface area contributed by atoms with Gasteiger partial charge in [-0.25, -0.2) is 0 Å². The third kappa shape index (κ3) is 2.77. The van der Waals surface area contributed by atoms with Gasteiger partial charge < -0.3 is 19.7 Å². The summed E-state index contributed by atoms with van der Waals surface area (Å²) in [5.74, 6) is 0.631. The van der Waals surface area contributed by atoms with Crippen LogP contribution >= 0.6 is 0 Å². The highest BCUT2D eigenvalue weighted by atomic mass is 16.5. The third-order valence-electron chi connectivity index (χ3n) is 2.85. The van der Waals surface area contributed by atoms with Crippen molar-refractivity contribution in [2.75, 3.05) is 12.4 Å². The first-order valence-electron chi connectivity index (χ1n) is 5.98. The van der Waals surface area contributed by atoms with Crippen LogP contribution in [0.3, 0.4) is 0 Å². The Morgan fingerprint density at radius 2 is 2.17 bits per heavy atom. The summed E-state index contributed by atoms with van der Waals surface area (Å²) in [7, 11) is 1.54. The Balaban J connectivity index is 1.99. The number of ether oxygens (including phenoxy) is 1. The van der Waals surface area contributed by atoms with Gasteiger partial charge in [0.15, 0.2) is 11.5 Å². The first-order chi connectivity index (χ1) is 8.72. The maximum Gasteiger partial charge on any atom is 0.160 e. The number of rotatable bonds is 5. The maximum absolute atomic E-state index is 9.66. The molecule has 0 spiro atoms. The highest BCUT2D eigenvalue weighted by Crippen LogP contribution is 2.28. The fraction of sp³-hybridized carbons (Fsp3) is 0.286. The number of phenolic OH excluding ortho intramolecular Hbond substituents is 1. The van der Waals surface area contributed by atoms with E-state index in [4.69, 9.17) is 4.74 Å². The minimum atomic E-state index is 0.147. The largest absolute Gasteiger partial charge is 0.504 e. The molecule has 1 aromatic carbocycles. The molecule has 2 aromatic rings. The number of phenols is 1. The van der Waals surface area contributed by atoms with E-state index >= 15 is 0 Å². The number of aromatic hydroxyl groups is 1. The fourth-order valence-corrected chi connectivity index (χ4v) is 1.80. The zero-order valence-electron chi connectivity index (χ0n) is 10.7. The molecule has 1 heterocycles. The molecule has 2 N–H and O–H groups in total. The van der Waals surface area contributed by atoms with Gasteiger partial charge in [0.25, 0.3) is 0 Å². The quantitative estimate of drug-likeness (QED) is 0.852. The van der Waals surface area contributed by atoms with Crippen LogP contribution in [0.1, 0.15) is 12.5 Å². The van der Waals surface area contributed by atoms with Crippen LogP contribution in [0.4, 0.5) is 5.69 Å². The lowest BCUT2D eigenvalue weighted by Crippen LogP contribution is -1.98.